The smallest absolute Gasteiger partial charge is 0.185 e. The SMILES string of the molecule is Cc1csc(N2CCCC(C(=O)c3ccccc3)C2)n1. The number of nitrogens with zero attached hydrogens (tertiary/aromatic N) is 2. The highest BCUT2D eigenvalue weighted by molar-refractivity contribution is 7.13. The minimum absolute atomic E-state index is 0.0929. The lowest BCUT2D eigenvalue weighted by molar-refractivity contribution is 0.0907. The molecule has 1 aromatic heterocycles. The van der Waals surface area contributed by atoms with Gasteiger partial charge in [0.05, 0.1) is 5.69 Å². The Morgan fingerprint density at radius 2 is 2.15 bits per heavy atom. The summed E-state index contributed by atoms with van der Waals surface area (Å²) in [5, 5.41) is 3.12. The predicted octanol–water partition coefficient (Wildman–Crippen LogP) is 3.55. The summed E-state index contributed by atoms with van der Waals surface area (Å²) in [5.41, 5.74) is 1.89. The highest BCUT2D eigenvalue weighted by atomic mass is 32.1. The average molecular weight is 286 g/mol. The van der Waals surface area contributed by atoms with Gasteiger partial charge in [0.1, 0.15) is 0 Å². The third kappa shape index (κ3) is 2.75. The summed E-state index contributed by atoms with van der Waals surface area (Å²) in [6, 6.07) is 9.63. The molecule has 1 saturated heterocycles. The van der Waals surface area contributed by atoms with Crippen LogP contribution in [0.2, 0.25) is 0 Å². The predicted molar refractivity (Wildman–Crippen MR) is 82.6 cm³/mol. The van der Waals surface area contributed by atoms with Crippen LogP contribution in [0.15, 0.2) is 35.7 Å². The van der Waals surface area contributed by atoms with E-state index in [9.17, 15) is 4.79 Å². The topological polar surface area (TPSA) is 33.2 Å². The molecule has 1 aromatic carbocycles. The first-order valence-electron chi connectivity index (χ1n) is 7.00. The lowest BCUT2D eigenvalue weighted by atomic mass is 9.90. The van der Waals surface area contributed by atoms with Crippen LogP contribution in [0.5, 0.6) is 0 Å². The zero-order chi connectivity index (χ0) is 13.9. The van der Waals surface area contributed by atoms with Gasteiger partial charge in [-0.25, -0.2) is 4.98 Å². The third-order valence-corrected chi connectivity index (χ3v) is 4.75. The van der Waals surface area contributed by atoms with Crippen LogP contribution in [0.25, 0.3) is 0 Å². The zero-order valence-corrected chi connectivity index (χ0v) is 12.4. The van der Waals surface area contributed by atoms with Gasteiger partial charge in [-0.05, 0) is 19.8 Å². The second-order valence-corrected chi connectivity index (χ2v) is 6.12. The first-order valence-corrected chi connectivity index (χ1v) is 7.88. The van der Waals surface area contributed by atoms with E-state index in [-0.39, 0.29) is 11.7 Å². The van der Waals surface area contributed by atoms with Gasteiger partial charge in [0, 0.05) is 30.0 Å². The number of thiazole rings is 1. The monoisotopic (exact) mass is 286 g/mol. The number of piperidine rings is 1. The number of aromatic nitrogens is 1. The molecule has 4 heteroatoms. The number of ketones is 1. The van der Waals surface area contributed by atoms with Crippen LogP contribution in [0, 0.1) is 12.8 Å². The van der Waals surface area contributed by atoms with Gasteiger partial charge in [0.25, 0.3) is 0 Å². The second kappa shape index (κ2) is 5.75. The van der Waals surface area contributed by atoms with E-state index < -0.39 is 0 Å². The van der Waals surface area contributed by atoms with E-state index >= 15 is 0 Å². The third-order valence-electron chi connectivity index (χ3n) is 3.73. The Kier molecular flexibility index (Phi) is 3.83. The van der Waals surface area contributed by atoms with Crippen molar-refractivity contribution in [3.63, 3.8) is 0 Å². The fourth-order valence-electron chi connectivity index (χ4n) is 2.69. The van der Waals surface area contributed by atoms with Gasteiger partial charge in [0.15, 0.2) is 10.9 Å². The minimum atomic E-state index is 0.0929. The fourth-order valence-corrected chi connectivity index (χ4v) is 3.53. The number of benzene rings is 1. The summed E-state index contributed by atoms with van der Waals surface area (Å²) in [6.07, 6.45) is 2.04. The average Bonchev–Trinajstić information content (AvgIpc) is 2.94. The molecule has 20 heavy (non-hydrogen) atoms. The summed E-state index contributed by atoms with van der Waals surface area (Å²) in [7, 11) is 0. The molecule has 2 aromatic rings. The number of rotatable bonds is 3. The quantitative estimate of drug-likeness (QED) is 0.809. The highest BCUT2D eigenvalue weighted by Gasteiger charge is 2.27. The Hall–Kier alpha value is -1.68. The minimum Gasteiger partial charge on any atom is -0.347 e. The Bertz CT molecular complexity index is 594. The molecule has 3 nitrogen and oxygen atoms in total. The van der Waals surface area contributed by atoms with Crippen molar-refractivity contribution in [2.24, 2.45) is 5.92 Å². The van der Waals surface area contributed by atoms with Crippen molar-refractivity contribution in [2.75, 3.05) is 18.0 Å². The van der Waals surface area contributed by atoms with Crippen LogP contribution >= 0.6 is 11.3 Å². The molecule has 1 fully saturated rings. The molecule has 0 bridgehead atoms. The molecule has 0 spiro atoms. The maximum absolute atomic E-state index is 12.5. The lowest BCUT2D eigenvalue weighted by Crippen LogP contribution is -2.38. The fraction of sp³-hybridized carbons (Fsp3) is 0.375. The number of hydrogen-bond donors (Lipinski definition) is 0. The number of carbonyl (C=O) groups is 1. The Balaban J connectivity index is 1.74. The van der Waals surface area contributed by atoms with Gasteiger partial charge >= 0.3 is 0 Å². The normalized spacial score (nSPS) is 19.1. The number of carbonyl (C=O) groups excluding carboxylic acids is 1. The van der Waals surface area contributed by atoms with Crippen LogP contribution in [0.1, 0.15) is 28.9 Å². The summed E-state index contributed by atoms with van der Waals surface area (Å²) in [6.45, 7) is 3.81. The number of aryl methyl sites for hydroxylation is 1. The van der Waals surface area contributed by atoms with Gasteiger partial charge in [-0.2, -0.15) is 0 Å². The van der Waals surface area contributed by atoms with Crippen molar-refractivity contribution in [3.05, 3.63) is 47.0 Å². The molecule has 0 saturated carbocycles. The van der Waals surface area contributed by atoms with Crippen LogP contribution in [0.3, 0.4) is 0 Å². The van der Waals surface area contributed by atoms with E-state index in [2.05, 4.69) is 15.3 Å². The van der Waals surface area contributed by atoms with Gasteiger partial charge in [0.2, 0.25) is 0 Å². The van der Waals surface area contributed by atoms with Crippen LogP contribution in [0.4, 0.5) is 5.13 Å². The Morgan fingerprint density at radius 1 is 1.35 bits per heavy atom. The zero-order valence-electron chi connectivity index (χ0n) is 11.6. The van der Waals surface area contributed by atoms with Crippen molar-refractivity contribution < 1.29 is 4.79 Å². The molecule has 3 rings (SSSR count). The molecule has 0 radical (unpaired) electrons. The number of anilines is 1. The molecule has 104 valence electrons. The lowest BCUT2D eigenvalue weighted by Gasteiger charge is -2.31. The highest BCUT2D eigenvalue weighted by Crippen LogP contribution is 2.27. The largest absolute Gasteiger partial charge is 0.347 e. The summed E-state index contributed by atoms with van der Waals surface area (Å²) >= 11 is 1.67. The van der Waals surface area contributed by atoms with Gasteiger partial charge < -0.3 is 4.90 Å². The maximum atomic E-state index is 12.5. The molecule has 1 aliphatic heterocycles. The van der Waals surface area contributed by atoms with Crippen molar-refractivity contribution in [1.29, 1.82) is 0 Å². The number of Topliss-reactive ketones (excluding diaryl/α,β-unsaturated/α-hetero) is 1. The van der Waals surface area contributed by atoms with E-state index in [1.807, 2.05) is 37.3 Å². The molecular formula is C16H18N2OS. The molecular weight excluding hydrogens is 268 g/mol. The molecule has 2 heterocycles. The van der Waals surface area contributed by atoms with Crippen molar-refractivity contribution in [2.45, 2.75) is 19.8 Å². The van der Waals surface area contributed by atoms with Crippen molar-refractivity contribution >= 4 is 22.3 Å². The molecule has 1 unspecified atom stereocenters. The Morgan fingerprint density at radius 3 is 2.85 bits per heavy atom. The summed E-state index contributed by atoms with van der Waals surface area (Å²) < 4.78 is 0. The summed E-state index contributed by atoms with van der Waals surface area (Å²) in [4.78, 5) is 19.3. The standard InChI is InChI=1S/C16H18N2OS/c1-12-11-20-16(17-12)18-9-5-8-14(10-18)15(19)13-6-3-2-4-7-13/h2-4,6-7,11,14H,5,8-10H2,1H3. The van der Waals surface area contributed by atoms with Crippen LogP contribution < -0.4 is 4.90 Å². The summed E-state index contributed by atoms with van der Waals surface area (Å²) in [5.74, 6) is 0.360. The van der Waals surface area contributed by atoms with Gasteiger partial charge in [-0.3, -0.25) is 4.79 Å². The van der Waals surface area contributed by atoms with Crippen molar-refractivity contribution in [3.8, 4) is 0 Å². The first kappa shape index (κ1) is 13.3. The van der Waals surface area contributed by atoms with E-state index in [0.717, 1.165) is 42.3 Å². The van der Waals surface area contributed by atoms with E-state index in [4.69, 9.17) is 0 Å². The molecule has 0 amide bonds. The molecule has 0 N–H and O–H groups in total. The Labute approximate surface area is 123 Å². The van der Waals surface area contributed by atoms with E-state index in [0.29, 0.717) is 0 Å². The van der Waals surface area contributed by atoms with Crippen LogP contribution in [-0.2, 0) is 0 Å². The van der Waals surface area contributed by atoms with Gasteiger partial charge in [-0.15, -0.1) is 11.3 Å². The van der Waals surface area contributed by atoms with E-state index in [1.165, 1.54) is 0 Å². The van der Waals surface area contributed by atoms with Crippen LogP contribution in [-0.4, -0.2) is 23.9 Å². The number of hydrogen-bond acceptors (Lipinski definition) is 4. The molecule has 1 atom stereocenters. The molecule has 0 aliphatic carbocycles. The van der Waals surface area contributed by atoms with Crippen molar-refractivity contribution in [1.82, 2.24) is 4.98 Å². The molecule has 1 aliphatic rings. The maximum Gasteiger partial charge on any atom is 0.185 e. The van der Waals surface area contributed by atoms with E-state index in [1.54, 1.807) is 11.3 Å². The first-order chi connectivity index (χ1) is 9.74. The second-order valence-electron chi connectivity index (χ2n) is 5.29. The van der Waals surface area contributed by atoms with Gasteiger partial charge in [-0.1, -0.05) is 30.3 Å².